The molecule has 0 atom stereocenters. The lowest BCUT2D eigenvalue weighted by molar-refractivity contribution is -0.133. The maximum atomic E-state index is 11.7. The van der Waals surface area contributed by atoms with Gasteiger partial charge in [0.25, 0.3) is 0 Å². The van der Waals surface area contributed by atoms with E-state index in [-0.39, 0.29) is 13.1 Å². The minimum absolute atomic E-state index is 0.148. The van der Waals surface area contributed by atoms with Crippen LogP contribution in [0.1, 0.15) is 18.1 Å². The summed E-state index contributed by atoms with van der Waals surface area (Å²) in [5.74, 6) is 0.766. The molecule has 1 rings (SSSR count). The average molecular weight is 209 g/mol. The van der Waals surface area contributed by atoms with Gasteiger partial charge in [-0.25, -0.2) is 0 Å². The molecule has 0 aromatic carbocycles. The first-order chi connectivity index (χ1) is 6.47. The molecule has 0 saturated heterocycles. The van der Waals surface area contributed by atoms with Crippen molar-refractivity contribution in [2.24, 2.45) is 0 Å². The van der Waals surface area contributed by atoms with Gasteiger partial charge in [-0.2, -0.15) is 18.2 Å². The number of aryl methyl sites for hydroxylation is 1. The minimum atomic E-state index is -4.13. The number of nitrogens with zero attached hydrogens (tertiary/aromatic N) is 2. The third-order valence-corrected chi connectivity index (χ3v) is 1.43. The SMILES string of the molecule is Cc1noc(CNCCC(F)(F)F)n1. The van der Waals surface area contributed by atoms with Crippen molar-refractivity contribution in [2.45, 2.75) is 26.1 Å². The summed E-state index contributed by atoms with van der Waals surface area (Å²) in [7, 11) is 0. The summed E-state index contributed by atoms with van der Waals surface area (Å²) in [6.45, 7) is 1.66. The Labute approximate surface area is 78.5 Å². The molecule has 7 heteroatoms. The normalized spacial score (nSPS) is 12.0. The van der Waals surface area contributed by atoms with E-state index in [9.17, 15) is 13.2 Å². The summed E-state index contributed by atoms with van der Waals surface area (Å²) in [4.78, 5) is 3.82. The molecule has 4 nitrogen and oxygen atoms in total. The average Bonchev–Trinajstić information content (AvgIpc) is 2.44. The van der Waals surface area contributed by atoms with Crippen molar-refractivity contribution in [3.8, 4) is 0 Å². The van der Waals surface area contributed by atoms with E-state index in [1.165, 1.54) is 0 Å². The fourth-order valence-corrected chi connectivity index (χ4v) is 0.837. The van der Waals surface area contributed by atoms with Crippen LogP contribution < -0.4 is 5.32 Å². The molecule has 0 fully saturated rings. The first-order valence-electron chi connectivity index (χ1n) is 4.04. The number of nitrogens with one attached hydrogen (secondary N) is 1. The topological polar surface area (TPSA) is 51.0 Å². The summed E-state index contributed by atoms with van der Waals surface area (Å²) in [5.41, 5.74) is 0. The molecular formula is C7H10F3N3O. The quantitative estimate of drug-likeness (QED) is 0.762. The van der Waals surface area contributed by atoms with E-state index in [1.807, 2.05) is 0 Å². The Balaban J connectivity index is 2.16. The maximum Gasteiger partial charge on any atom is 0.390 e. The Morgan fingerprint density at radius 2 is 2.14 bits per heavy atom. The van der Waals surface area contributed by atoms with E-state index < -0.39 is 12.6 Å². The second-order valence-electron chi connectivity index (χ2n) is 2.78. The Kier molecular flexibility index (Phi) is 3.45. The van der Waals surface area contributed by atoms with Crippen molar-refractivity contribution in [1.29, 1.82) is 0 Å². The molecular weight excluding hydrogens is 199 g/mol. The molecule has 1 aromatic rings. The van der Waals surface area contributed by atoms with E-state index >= 15 is 0 Å². The molecule has 80 valence electrons. The summed E-state index contributed by atoms with van der Waals surface area (Å²) in [6.07, 6.45) is -4.99. The van der Waals surface area contributed by atoms with Gasteiger partial charge in [-0.3, -0.25) is 0 Å². The van der Waals surface area contributed by atoms with Crippen LogP contribution in [0.2, 0.25) is 0 Å². The second-order valence-corrected chi connectivity index (χ2v) is 2.78. The Morgan fingerprint density at radius 1 is 1.43 bits per heavy atom. The molecule has 0 spiro atoms. The van der Waals surface area contributed by atoms with E-state index in [0.717, 1.165) is 0 Å². The van der Waals surface area contributed by atoms with Crippen molar-refractivity contribution < 1.29 is 17.7 Å². The highest BCUT2D eigenvalue weighted by Crippen LogP contribution is 2.18. The van der Waals surface area contributed by atoms with Crippen LogP contribution in [0.5, 0.6) is 0 Å². The highest BCUT2D eigenvalue weighted by atomic mass is 19.4. The molecule has 0 aliphatic rings. The Hall–Kier alpha value is -1.11. The lowest BCUT2D eigenvalue weighted by Gasteiger charge is -2.05. The monoisotopic (exact) mass is 209 g/mol. The van der Waals surface area contributed by atoms with E-state index in [2.05, 4.69) is 15.5 Å². The lowest BCUT2D eigenvalue weighted by atomic mass is 10.4. The van der Waals surface area contributed by atoms with Gasteiger partial charge in [0.2, 0.25) is 5.89 Å². The molecule has 0 unspecified atom stereocenters. The summed E-state index contributed by atoms with van der Waals surface area (Å²) in [5, 5.41) is 6.05. The molecule has 0 aliphatic carbocycles. The first-order valence-corrected chi connectivity index (χ1v) is 4.04. The summed E-state index contributed by atoms with van der Waals surface area (Å²) >= 11 is 0. The standard InChI is InChI=1S/C7H10F3N3O/c1-5-12-6(14-13-5)4-11-3-2-7(8,9)10/h11H,2-4H2,1H3. The number of hydrogen-bond donors (Lipinski definition) is 1. The van der Waals surface area contributed by atoms with Gasteiger partial charge in [0, 0.05) is 6.54 Å². The van der Waals surface area contributed by atoms with Gasteiger partial charge < -0.3 is 9.84 Å². The van der Waals surface area contributed by atoms with E-state index in [0.29, 0.717) is 11.7 Å². The fourth-order valence-electron chi connectivity index (χ4n) is 0.837. The minimum Gasteiger partial charge on any atom is -0.338 e. The highest BCUT2D eigenvalue weighted by Gasteiger charge is 2.25. The van der Waals surface area contributed by atoms with Gasteiger partial charge in [-0.15, -0.1) is 0 Å². The molecule has 0 bridgehead atoms. The number of aromatic nitrogens is 2. The van der Waals surface area contributed by atoms with Crippen LogP contribution in [0, 0.1) is 6.92 Å². The second kappa shape index (κ2) is 4.41. The number of hydrogen-bond acceptors (Lipinski definition) is 4. The van der Waals surface area contributed by atoms with Gasteiger partial charge in [0.1, 0.15) is 0 Å². The van der Waals surface area contributed by atoms with Crippen LogP contribution in [0.4, 0.5) is 13.2 Å². The van der Waals surface area contributed by atoms with Gasteiger partial charge in [0.15, 0.2) is 5.82 Å². The predicted molar refractivity (Wildman–Crippen MR) is 41.4 cm³/mol. The largest absolute Gasteiger partial charge is 0.390 e. The van der Waals surface area contributed by atoms with Crippen LogP contribution in [0.25, 0.3) is 0 Å². The highest BCUT2D eigenvalue weighted by molar-refractivity contribution is 4.81. The Bertz CT molecular complexity index is 284. The van der Waals surface area contributed by atoms with Crippen molar-refractivity contribution in [1.82, 2.24) is 15.5 Å². The lowest BCUT2D eigenvalue weighted by Crippen LogP contribution is -2.21. The van der Waals surface area contributed by atoms with Crippen molar-refractivity contribution in [2.75, 3.05) is 6.54 Å². The third kappa shape index (κ3) is 4.22. The molecule has 0 amide bonds. The molecule has 0 radical (unpaired) electrons. The summed E-state index contributed by atoms with van der Waals surface area (Å²) in [6, 6.07) is 0. The predicted octanol–water partition coefficient (Wildman–Crippen LogP) is 1.42. The van der Waals surface area contributed by atoms with Crippen LogP contribution in [0.3, 0.4) is 0 Å². The molecule has 14 heavy (non-hydrogen) atoms. The number of halogens is 3. The van der Waals surface area contributed by atoms with E-state index in [1.54, 1.807) is 6.92 Å². The molecule has 1 aromatic heterocycles. The van der Waals surface area contributed by atoms with Crippen molar-refractivity contribution in [3.05, 3.63) is 11.7 Å². The molecule has 1 heterocycles. The molecule has 1 N–H and O–H groups in total. The Morgan fingerprint density at radius 3 is 2.64 bits per heavy atom. The molecule has 0 aliphatic heterocycles. The smallest absolute Gasteiger partial charge is 0.338 e. The zero-order chi connectivity index (χ0) is 10.6. The van der Waals surface area contributed by atoms with Crippen LogP contribution in [0.15, 0.2) is 4.52 Å². The maximum absolute atomic E-state index is 11.7. The van der Waals surface area contributed by atoms with Crippen LogP contribution >= 0.6 is 0 Å². The third-order valence-electron chi connectivity index (χ3n) is 1.43. The van der Waals surface area contributed by atoms with Crippen molar-refractivity contribution in [3.63, 3.8) is 0 Å². The number of alkyl halides is 3. The van der Waals surface area contributed by atoms with Gasteiger partial charge >= 0.3 is 6.18 Å². The zero-order valence-corrected chi connectivity index (χ0v) is 7.56. The molecule has 0 saturated carbocycles. The fraction of sp³-hybridized carbons (Fsp3) is 0.714. The zero-order valence-electron chi connectivity index (χ0n) is 7.56. The van der Waals surface area contributed by atoms with Gasteiger partial charge in [-0.1, -0.05) is 5.16 Å². The first kappa shape index (κ1) is 11.0. The number of rotatable bonds is 4. The van der Waals surface area contributed by atoms with Crippen molar-refractivity contribution >= 4 is 0 Å². The van der Waals surface area contributed by atoms with Gasteiger partial charge in [-0.05, 0) is 6.92 Å². The van der Waals surface area contributed by atoms with Crippen LogP contribution in [-0.2, 0) is 6.54 Å². The van der Waals surface area contributed by atoms with Gasteiger partial charge in [0.05, 0.1) is 13.0 Å². The summed E-state index contributed by atoms with van der Waals surface area (Å²) < 4.78 is 39.8. The van der Waals surface area contributed by atoms with E-state index in [4.69, 9.17) is 4.52 Å². The van der Waals surface area contributed by atoms with Crippen LogP contribution in [-0.4, -0.2) is 22.9 Å².